The third-order valence-corrected chi connectivity index (χ3v) is 3.92. The van der Waals surface area contributed by atoms with E-state index >= 15 is 0 Å². The summed E-state index contributed by atoms with van der Waals surface area (Å²) < 4.78 is 1.15. The van der Waals surface area contributed by atoms with E-state index in [-0.39, 0.29) is 0 Å². The van der Waals surface area contributed by atoms with Gasteiger partial charge in [0.1, 0.15) is 0 Å². The molecule has 0 saturated carbocycles. The van der Waals surface area contributed by atoms with Gasteiger partial charge in [-0.25, -0.2) is 0 Å². The second kappa shape index (κ2) is 7.12. The maximum absolute atomic E-state index is 3.52. The molecule has 1 saturated heterocycles. The van der Waals surface area contributed by atoms with Crippen molar-refractivity contribution in [2.24, 2.45) is 0 Å². The summed E-state index contributed by atoms with van der Waals surface area (Å²) in [5.74, 6) is 0. The number of benzene rings is 1. The van der Waals surface area contributed by atoms with Crippen LogP contribution in [0.5, 0.6) is 0 Å². The Labute approximate surface area is 118 Å². The standard InChI is InChI=1S/C14H22BrN3/c1-17(14-5-2-4-13(15)12-14)8-3-9-18-10-6-16-7-11-18/h2,4-5,12,16H,3,6-11H2,1H3. The van der Waals surface area contributed by atoms with Crippen molar-refractivity contribution in [1.29, 1.82) is 0 Å². The molecular formula is C14H22BrN3. The number of halogens is 1. The van der Waals surface area contributed by atoms with Crippen LogP contribution in [0.15, 0.2) is 28.7 Å². The fraction of sp³-hybridized carbons (Fsp3) is 0.571. The van der Waals surface area contributed by atoms with E-state index in [4.69, 9.17) is 0 Å². The number of hydrogen-bond donors (Lipinski definition) is 1. The highest BCUT2D eigenvalue weighted by molar-refractivity contribution is 9.10. The van der Waals surface area contributed by atoms with Crippen LogP contribution in [0.4, 0.5) is 5.69 Å². The molecule has 1 aromatic rings. The van der Waals surface area contributed by atoms with E-state index in [1.165, 1.54) is 31.7 Å². The number of nitrogens with zero attached hydrogens (tertiary/aromatic N) is 2. The molecule has 0 radical (unpaired) electrons. The van der Waals surface area contributed by atoms with Gasteiger partial charge in [0.2, 0.25) is 0 Å². The Hall–Kier alpha value is -0.580. The van der Waals surface area contributed by atoms with Gasteiger partial charge in [0.25, 0.3) is 0 Å². The molecule has 0 amide bonds. The number of anilines is 1. The topological polar surface area (TPSA) is 18.5 Å². The van der Waals surface area contributed by atoms with Gasteiger partial charge in [-0.15, -0.1) is 0 Å². The van der Waals surface area contributed by atoms with Gasteiger partial charge in [-0.05, 0) is 31.2 Å². The Morgan fingerprint density at radius 1 is 1.33 bits per heavy atom. The van der Waals surface area contributed by atoms with Crippen LogP contribution >= 0.6 is 15.9 Å². The molecule has 0 unspecified atom stereocenters. The van der Waals surface area contributed by atoms with Gasteiger partial charge in [0.15, 0.2) is 0 Å². The number of nitrogens with one attached hydrogen (secondary N) is 1. The van der Waals surface area contributed by atoms with Crippen molar-refractivity contribution in [2.45, 2.75) is 6.42 Å². The molecule has 2 rings (SSSR count). The van der Waals surface area contributed by atoms with Gasteiger partial charge in [-0.2, -0.15) is 0 Å². The van der Waals surface area contributed by atoms with Gasteiger partial charge >= 0.3 is 0 Å². The maximum Gasteiger partial charge on any atom is 0.0374 e. The molecule has 0 bridgehead atoms. The number of rotatable bonds is 5. The van der Waals surface area contributed by atoms with Gasteiger partial charge in [0, 0.05) is 49.9 Å². The van der Waals surface area contributed by atoms with Gasteiger partial charge in [0.05, 0.1) is 0 Å². The van der Waals surface area contributed by atoms with Crippen molar-refractivity contribution >= 4 is 21.6 Å². The molecule has 0 atom stereocenters. The third-order valence-electron chi connectivity index (χ3n) is 3.43. The predicted molar refractivity (Wildman–Crippen MR) is 81.3 cm³/mol. The molecule has 1 heterocycles. The minimum Gasteiger partial charge on any atom is -0.375 e. The van der Waals surface area contributed by atoms with Crippen LogP contribution in [0.1, 0.15) is 6.42 Å². The quantitative estimate of drug-likeness (QED) is 0.899. The van der Waals surface area contributed by atoms with Crippen molar-refractivity contribution < 1.29 is 0 Å². The average molecular weight is 312 g/mol. The Morgan fingerprint density at radius 3 is 2.83 bits per heavy atom. The zero-order chi connectivity index (χ0) is 12.8. The summed E-state index contributed by atoms with van der Waals surface area (Å²) in [5, 5.41) is 3.39. The second-order valence-electron chi connectivity index (χ2n) is 4.85. The van der Waals surface area contributed by atoms with Gasteiger partial charge in [-0.3, -0.25) is 0 Å². The molecule has 1 aliphatic heterocycles. The monoisotopic (exact) mass is 311 g/mol. The first kappa shape index (κ1) is 13.8. The van der Waals surface area contributed by atoms with E-state index < -0.39 is 0 Å². The van der Waals surface area contributed by atoms with Crippen LogP contribution in [0, 0.1) is 0 Å². The third kappa shape index (κ3) is 4.26. The lowest BCUT2D eigenvalue weighted by Gasteiger charge is -2.28. The fourth-order valence-corrected chi connectivity index (χ4v) is 2.70. The number of hydrogen-bond acceptors (Lipinski definition) is 3. The molecule has 4 heteroatoms. The van der Waals surface area contributed by atoms with Crippen LogP contribution in [0.25, 0.3) is 0 Å². The first-order chi connectivity index (χ1) is 8.75. The SMILES string of the molecule is CN(CCCN1CCNCC1)c1cccc(Br)c1. The van der Waals surface area contributed by atoms with Crippen molar-refractivity contribution in [3.05, 3.63) is 28.7 Å². The Balaban J connectivity index is 1.72. The van der Waals surface area contributed by atoms with Gasteiger partial charge < -0.3 is 15.1 Å². The second-order valence-corrected chi connectivity index (χ2v) is 5.76. The molecule has 100 valence electrons. The highest BCUT2D eigenvalue weighted by Gasteiger charge is 2.09. The Kier molecular flexibility index (Phi) is 5.47. The zero-order valence-corrected chi connectivity index (χ0v) is 12.6. The largest absolute Gasteiger partial charge is 0.375 e. The highest BCUT2D eigenvalue weighted by Crippen LogP contribution is 2.18. The lowest BCUT2D eigenvalue weighted by molar-refractivity contribution is 0.239. The van der Waals surface area contributed by atoms with E-state index in [2.05, 4.69) is 62.4 Å². The maximum atomic E-state index is 3.52. The summed E-state index contributed by atoms with van der Waals surface area (Å²) in [6, 6.07) is 8.49. The van der Waals surface area contributed by atoms with E-state index in [0.29, 0.717) is 0 Å². The van der Waals surface area contributed by atoms with E-state index in [1.807, 2.05) is 0 Å². The van der Waals surface area contributed by atoms with Crippen LogP contribution in [0.3, 0.4) is 0 Å². The first-order valence-corrected chi connectivity index (χ1v) is 7.45. The molecule has 1 N–H and O–H groups in total. The molecule has 0 aliphatic carbocycles. The van der Waals surface area contributed by atoms with E-state index in [0.717, 1.165) is 24.1 Å². The predicted octanol–water partition coefficient (Wildman–Crippen LogP) is 2.18. The summed E-state index contributed by atoms with van der Waals surface area (Å²) in [6.07, 6.45) is 1.23. The van der Waals surface area contributed by atoms with E-state index in [9.17, 15) is 0 Å². The lowest BCUT2D eigenvalue weighted by Crippen LogP contribution is -2.44. The van der Waals surface area contributed by atoms with Crippen LogP contribution < -0.4 is 10.2 Å². The molecule has 0 aromatic heterocycles. The van der Waals surface area contributed by atoms with E-state index in [1.54, 1.807) is 0 Å². The molecular weight excluding hydrogens is 290 g/mol. The molecule has 1 aromatic carbocycles. The molecule has 1 fully saturated rings. The first-order valence-electron chi connectivity index (χ1n) is 6.65. The fourth-order valence-electron chi connectivity index (χ4n) is 2.31. The summed E-state index contributed by atoms with van der Waals surface area (Å²) in [5.41, 5.74) is 1.28. The Bertz CT molecular complexity index is 364. The molecule has 1 aliphatic rings. The summed E-state index contributed by atoms with van der Waals surface area (Å²) in [7, 11) is 2.17. The molecule has 0 spiro atoms. The highest BCUT2D eigenvalue weighted by atomic mass is 79.9. The lowest BCUT2D eigenvalue weighted by atomic mass is 10.2. The van der Waals surface area contributed by atoms with Crippen LogP contribution in [0.2, 0.25) is 0 Å². The van der Waals surface area contributed by atoms with Crippen molar-refractivity contribution in [1.82, 2.24) is 10.2 Å². The Morgan fingerprint density at radius 2 is 2.11 bits per heavy atom. The summed E-state index contributed by atoms with van der Waals surface area (Å²) in [6.45, 7) is 6.99. The smallest absolute Gasteiger partial charge is 0.0374 e. The van der Waals surface area contributed by atoms with Crippen LogP contribution in [-0.2, 0) is 0 Å². The zero-order valence-electron chi connectivity index (χ0n) is 11.0. The molecule has 18 heavy (non-hydrogen) atoms. The molecule has 3 nitrogen and oxygen atoms in total. The average Bonchev–Trinajstić information content (AvgIpc) is 2.40. The minimum absolute atomic E-state index is 1.11. The van der Waals surface area contributed by atoms with Crippen molar-refractivity contribution in [3.63, 3.8) is 0 Å². The van der Waals surface area contributed by atoms with Crippen LogP contribution in [-0.4, -0.2) is 51.2 Å². The van der Waals surface area contributed by atoms with Gasteiger partial charge in [-0.1, -0.05) is 22.0 Å². The van der Waals surface area contributed by atoms with Crippen molar-refractivity contribution in [2.75, 3.05) is 51.2 Å². The summed E-state index contributed by atoms with van der Waals surface area (Å²) >= 11 is 3.52. The normalized spacial score (nSPS) is 16.8. The van der Waals surface area contributed by atoms with Crippen molar-refractivity contribution in [3.8, 4) is 0 Å². The number of piperazine rings is 1. The summed E-state index contributed by atoms with van der Waals surface area (Å²) in [4.78, 5) is 4.87. The minimum atomic E-state index is 1.11.